The van der Waals surface area contributed by atoms with Crippen molar-refractivity contribution >= 4 is 25.5 Å². The summed E-state index contributed by atoms with van der Waals surface area (Å²) >= 11 is 5.32. The fraction of sp³-hybridized carbons (Fsp3) is 0.708. The highest BCUT2D eigenvalue weighted by molar-refractivity contribution is 7.80. The maximum absolute atomic E-state index is 6.99. The van der Waals surface area contributed by atoms with E-state index >= 15 is 0 Å². The van der Waals surface area contributed by atoms with Crippen LogP contribution >= 0.6 is 12.2 Å². The summed E-state index contributed by atoms with van der Waals surface area (Å²) in [5, 5.41) is 0.0469. The second-order valence-corrected chi connectivity index (χ2v) is 15.4. The molecule has 0 saturated heterocycles. The number of methoxy groups -OCH3 is 2. The topological polar surface area (TPSA) is 62.9 Å². The van der Waals surface area contributed by atoms with Crippen molar-refractivity contribution in [2.75, 3.05) is 14.2 Å². The molecule has 2 rings (SSSR count). The number of ether oxygens (including phenoxy) is 3. The highest BCUT2D eigenvalue weighted by Gasteiger charge is 2.42. The number of hydrogen-bond acceptors (Lipinski definition) is 5. The summed E-state index contributed by atoms with van der Waals surface area (Å²) < 4.78 is 24.9. The van der Waals surface area contributed by atoms with E-state index in [-0.39, 0.29) is 23.4 Å². The van der Waals surface area contributed by atoms with Gasteiger partial charge in [-0.25, -0.2) is 0 Å². The predicted octanol–water partition coefficient (Wildman–Crippen LogP) is 6.08. The summed E-state index contributed by atoms with van der Waals surface area (Å²) in [5.41, 5.74) is 7.96. The number of thiocarbonyl (C=S) groups is 1. The van der Waals surface area contributed by atoms with Crippen LogP contribution in [0.15, 0.2) is 12.1 Å². The number of benzene rings is 1. The molecule has 0 unspecified atom stereocenters. The van der Waals surface area contributed by atoms with Gasteiger partial charge in [0.05, 0.1) is 37.5 Å². The largest absolute Gasteiger partial charge is 0.496 e. The highest BCUT2D eigenvalue weighted by atomic mass is 32.1. The van der Waals surface area contributed by atoms with E-state index in [0.29, 0.717) is 11.4 Å². The number of rotatable bonds is 10. The first-order valence-electron chi connectivity index (χ1n) is 11.2. The predicted molar refractivity (Wildman–Crippen MR) is 134 cm³/mol. The van der Waals surface area contributed by atoms with Crippen LogP contribution in [0.2, 0.25) is 18.1 Å². The molecule has 0 heterocycles. The van der Waals surface area contributed by atoms with Crippen LogP contribution < -0.4 is 15.2 Å². The van der Waals surface area contributed by atoms with Gasteiger partial charge in [-0.15, -0.1) is 0 Å². The fourth-order valence-electron chi connectivity index (χ4n) is 3.82. The molecular formula is C24H41NO4SSi. The lowest BCUT2D eigenvalue weighted by Gasteiger charge is -2.42. The van der Waals surface area contributed by atoms with E-state index in [0.717, 1.165) is 35.5 Å². The van der Waals surface area contributed by atoms with Gasteiger partial charge < -0.3 is 24.4 Å². The van der Waals surface area contributed by atoms with Gasteiger partial charge >= 0.3 is 0 Å². The summed E-state index contributed by atoms with van der Waals surface area (Å²) in [5.74, 6) is 1.54. The third-order valence-electron chi connectivity index (χ3n) is 6.74. The monoisotopic (exact) mass is 467 g/mol. The molecule has 1 saturated carbocycles. The molecule has 1 fully saturated rings. The third-order valence-corrected chi connectivity index (χ3v) is 11.4. The average Bonchev–Trinajstić information content (AvgIpc) is 3.18. The van der Waals surface area contributed by atoms with E-state index in [2.05, 4.69) is 33.9 Å². The van der Waals surface area contributed by atoms with Crippen LogP contribution in [0.1, 0.15) is 70.1 Å². The summed E-state index contributed by atoms with van der Waals surface area (Å²) in [4.78, 5) is 0.442. The molecule has 176 valence electrons. The average molecular weight is 468 g/mol. The molecule has 0 aliphatic heterocycles. The molecular weight excluding hydrogens is 426 g/mol. The van der Waals surface area contributed by atoms with Crippen molar-refractivity contribution < 1.29 is 18.6 Å². The van der Waals surface area contributed by atoms with Crippen LogP contribution in [-0.4, -0.2) is 39.7 Å². The minimum absolute atomic E-state index is 0.0469. The lowest BCUT2D eigenvalue weighted by Crippen LogP contribution is -2.45. The molecule has 2 N–H and O–H groups in total. The molecule has 0 bridgehead atoms. The van der Waals surface area contributed by atoms with Crippen LogP contribution in [0, 0.1) is 6.92 Å². The molecule has 0 spiro atoms. The van der Waals surface area contributed by atoms with Gasteiger partial charge in [0.25, 0.3) is 0 Å². The Hall–Kier alpha value is -1.15. The van der Waals surface area contributed by atoms with Gasteiger partial charge in [0.15, 0.2) is 8.32 Å². The zero-order valence-electron chi connectivity index (χ0n) is 20.5. The molecule has 2 atom stereocenters. The van der Waals surface area contributed by atoms with Crippen LogP contribution in [0.3, 0.4) is 0 Å². The summed E-state index contributed by atoms with van der Waals surface area (Å²) in [6.45, 7) is 13.2. The zero-order valence-corrected chi connectivity index (χ0v) is 22.4. The Balaban J connectivity index is 2.56. The Bertz CT molecular complexity index is 731. The second-order valence-electron chi connectivity index (χ2n) is 10.1. The van der Waals surface area contributed by atoms with Gasteiger partial charge in [0.2, 0.25) is 0 Å². The standard InChI is InChI=1S/C24H41NO4SSi/c1-16-19(26-5)13-17(14-20(16)27-6)23(29-31(7,8)24(2,3)4)21(15-22(25)30)28-18-11-9-10-12-18/h13-14,18,21,23H,9-12,15H2,1-8H3,(H2,25,30)/t21-,23+/m0/s1. The fourth-order valence-corrected chi connectivity index (χ4v) is 5.26. The van der Waals surface area contributed by atoms with Gasteiger partial charge in [-0.3, -0.25) is 0 Å². The van der Waals surface area contributed by atoms with Gasteiger partial charge in [0, 0.05) is 12.0 Å². The lowest BCUT2D eigenvalue weighted by atomic mass is 9.99. The van der Waals surface area contributed by atoms with Crippen molar-refractivity contribution in [3.63, 3.8) is 0 Å². The van der Waals surface area contributed by atoms with Gasteiger partial charge in [-0.2, -0.15) is 0 Å². The van der Waals surface area contributed by atoms with E-state index in [1.165, 1.54) is 12.8 Å². The van der Waals surface area contributed by atoms with Crippen LogP contribution in [-0.2, 0) is 9.16 Å². The Morgan fingerprint density at radius 1 is 1.13 bits per heavy atom. The SMILES string of the molecule is COc1cc([C@@H](O[Si](C)(C)C(C)(C)C)[C@H](CC(N)=S)OC2CCCC2)cc(OC)c1C. The zero-order chi connectivity index (χ0) is 23.4. The smallest absolute Gasteiger partial charge is 0.193 e. The molecule has 1 aliphatic rings. The second kappa shape index (κ2) is 10.6. The van der Waals surface area contributed by atoms with E-state index in [1.54, 1.807) is 14.2 Å². The molecule has 5 nitrogen and oxygen atoms in total. The van der Waals surface area contributed by atoms with Crippen molar-refractivity contribution in [3.8, 4) is 11.5 Å². The number of nitrogens with two attached hydrogens (primary N) is 1. The van der Waals surface area contributed by atoms with Gasteiger partial charge in [-0.05, 0) is 55.6 Å². The Kier molecular flexibility index (Phi) is 8.96. The van der Waals surface area contributed by atoms with Crippen LogP contribution in [0.4, 0.5) is 0 Å². The Morgan fingerprint density at radius 3 is 2.06 bits per heavy atom. The van der Waals surface area contributed by atoms with E-state index in [9.17, 15) is 0 Å². The molecule has 1 aromatic rings. The molecule has 31 heavy (non-hydrogen) atoms. The Morgan fingerprint density at radius 2 is 1.65 bits per heavy atom. The summed E-state index contributed by atoms with van der Waals surface area (Å²) in [6, 6.07) is 4.08. The molecule has 1 aliphatic carbocycles. The summed E-state index contributed by atoms with van der Waals surface area (Å²) in [7, 11) is 1.22. The molecule has 0 aromatic heterocycles. The Labute approximate surface area is 195 Å². The first kappa shape index (κ1) is 26.1. The van der Waals surface area contributed by atoms with Gasteiger partial charge in [0.1, 0.15) is 11.5 Å². The maximum Gasteiger partial charge on any atom is 0.193 e. The summed E-state index contributed by atoms with van der Waals surface area (Å²) in [6.07, 6.45) is 4.66. The number of hydrogen-bond donors (Lipinski definition) is 1. The highest BCUT2D eigenvalue weighted by Crippen LogP contribution is 2.44. The molecule has 0 radical (unpaired) electrons. The van der Waals surface area contributed by atoms with Gasteiger partial charge in [-0.1, -0.05) is 45.8 Å². The minimum Gasteiger partial charge on any atom is -0.496 e. The third kappa shape index (κ3) is 6.67. The minimum atomic E-state index is -2.13. The van der Waals surface area contributed by atoms with Crippen LogP contribution in [0.25, 0.3) is 0 Å². The molecule has 7 heteroatoms. The van der Waals surface area contributed by atoms with E-state index < -0.39 is 8.32 Å². The maximum atomic E-state index is 6.99. The van der Waals surface area contributed by atoms with Crippen molar-refractivity contribution in [2.24, 2.45) is 5.73 Å². The van der Waals surface area contributed by atoms with Crippen molar-refractivity contribution in [3.05, 3.63) is 23.3 Å². The van der Waals surface area contributed by atoms with E-state index in [4.69, 9.17) is 36.6 Å². The van der Waals surface area contributed by atoms with Crippen molar-refractivity contribution in [2.45, 2.75) is 96.2 Å². The molecule has 0 amide bonds. The quantitative estimate of drug-likeness (QED) is 0.332. The molecule has 1 aromatic carbocycles. The van der Waals surface area contributed by atoms with E-state index in [1.807, 2.05) is 19.1 Å². The van der Waals surface area contributed by atoms with Crippen molar-refractivity contribution in [1.82, 2.24) is 0 Å². The first-order chi connectivity index (χ1) is 14.4. The lowest BCUT2D eigenvalue weighted by molar-refractivity contribution is -0.0670. The normalized spacial score (nSPS) is 17.4. The van der Waals surface area contributed by atoms with Crippen molar-refractivity contribution in [1.29, 1.82) is 0 Å². The first-order valence-corrected chi connectivity index (χ1v) is 14.6. The van der Waals surface area contributed by atoms with Crippen LogP contribution in [0.5, 0.6) is 11.5 Å².